The number of hydrogen-bond acceptors (Lipinski definition) is 8. The Morgan fingerprint density at radius 3 is 2.22 bits per heavy atom. The second-order valence-corrected chi connectivity index (χ2v) is 8.60. The third-order valence-electron chi connectivity index (χ3n) is 5.70. The lowest BCUT2D eigenvalue weighted by molar-refractivity contribution is -0.147. The van der Waals surface area contributed by atoms with Gasteiger partial charge in [0, 0.05) is 18.3 Å². The quantitative estimate of drug-likeness (QED) is 0.112. The Bertz CT molecular complexity index is 878. The molecule has 10 N–H and O–H groups in total. The zero-order chi connectivity index (χ0) is 27.3. The van der Waals surface area contributed by atoms with E-state index in [1.54, 1.807) is 6.92 Å². The molecule has 1 rings (SSSR count). The van der Waals surface area contributed by atoms with Gasteiger partial charge >= 0.3 is 11.9 Å². The second kappa shape index (κ2) is 15.5. The molecule has 0 fully saturated rings. The molecule has 36 heavy (non-hydrogen) atoms. The summed E-state index contributed by atoms with van der Waals surface area (Å²) in [6.07, 6.45) is 4.13. The maximum absolute atomic E-state index is 13.2. The molecular weight excluding hydrogens is 474 g/mol. The summed E-state index contributed by atoms with van der Waals surface area (Å²) in [7, 11) is 0. The first-order chi connectivity index (χ1) is 17.0. The number of nitrogens with zero attached hydrogens (tertiary/aromatic N) is 1. The highest BCUT2D eigenvalue weighted by atomic mass is 16.4. The number of nitrogens with one attached hydrogen (secondary N) is 4. The second-order valence-electron chi connectivity index (χ2n) is 8.60. The average Bonchev–Trinajstić information content (AvgIpc) is 3.33. The molecule has 0 bridgehead atoms. The lowest BCUT2D eigenvalue weighted by Gasteiger charge is -2.27. The normalized spacial score (nSPS) is 15.1. The number of rotatable bonds is 17. The van der Waals surface area contributed by atoms with Gasteiger partial charge in [0.15, 0.2) is 0 Å². The lowest BCUT2D eigenvalue weighted by Crippen LogP contribution is -2.59. The van der Waals surface area contributed by atoms with E-state index in [1.807, 2.05) is 6.92 Å². The molecule has 0 saturated carbocycles. The third-order valence-corrected chi connectivity index (χ3v) is 5.70. The van der Waals surface area contributed by atoms with Crippen LogP contribution >= 0.6 is 0 Å². The number of aliphatic carboxylic acids is 2. The van der Waals surface area contributed by atoms with Gasteiger partial charge in [-0.05, 0) is 25.3 Å². The Balaban J connectivity index is 3.05. The monoisotopic (exact) mass is 511 g/mol. The molecule has 1 aromatic heterocycles. The van der Waals surface area contributed by atoms with Crippen molar-refractivity contribution in [2.45, 2.75) is 76.5 Å². The van der Waals surface area contributed by atoms with E-state index in [0.717, 1.165) is 0 Å². The summed E-state index contributed by atoms with van der Waals surface area (Å²) in [5, 5.41) is 25.6. The van der Waals surface area contributed by atoms with Gasteiger partial charge in [0.1, 0.15) is 18.1 Å². The van der Waals surface area contributed by atoms with E-state index in [2.05, 4.69) is 25.9 Å². The molecule has 5 unspecified atom stereocenters. The first kappa shape index (κ1) is 30.5. The maximum atomic E-state index is 13.2. The van der Waals surface area contributed by atoms with Crippen LogP contribution in [-0.4, -0.2) is 80.6 Å². The first-order valence-corrected chi connectivity index (χ1v) is 11.8. The Kier molecular flexibility index (Phi) is 13.1. The number of H-pyrrole nitrogens is 1. The fraction of sp³-hybridized carbons (Fsp3) is 0.636. The van der Waals surface area contributed by atoms with Crippen LogP contribution in [0, 0.1) is 5.92 Å². The number of carbonyl (C=O) groups excluding carboxylic acids is 3. The molecule has 3 amide bonds. The Labute approximate surface area is 209 Å². The Morgan fingerprint density at radius 1 is 1.03 bits per heavy atom. The summed E-state index contributed by atoms with van der Waals surface area (Å²) >= 11 is 0. The van der Waals surface area contributed by atoms with E-state index >= 15 is 0 Å². The predicted octanol–water partition coefficient (Wildman–Crippen LogP) is -1.53. The third kappa shape index (κ3) is 10.4. The van der Waals surface area contributed by atoms with Crippen LogP contribution in [0.3, 0.4) is 0 Å². The van der Waals surface area contributed by atoms with Crippen molar-refractivity contribution in [2.75, 3.05) is 6.54 Å². The van der Waals surface area contributed by atoms with Crippen molar-refractivity contribution >= 4 is 29.7 Å². The van der Waals surface area contributed by atoms with Gasteiger partial charge in [-0.2, -0.15) is 0 Å². The zero-order valence-electron chi connectivity index (χ0n) is 20.5. The minimum absolute atomic E-state index is 0.0865. The van der Waals surface area contributed by atoms with E-state index in [0.29, 0.717) is 37.9 Å². The van der Waals surface area contributed by atoms with Gasteiger partial charge in [-0.3, -0.25) is 19.2 Å². The maximum Gasteiger partial charge on any atom is 0.326 e. The fourth-order valence-electron chi connectivity index (χ4n) is 3.34. The molecule has 1 aromatic rings. The van der Waals surface area contributed by atoms with Crippen LogP contribution in [-0.2, 0) is 30.4 Å². The highest BCUT2D eigenvalue weighted by molar-refractivity contribution is 5.94. The van der Waals surface area contributed by atoms with Crippen molar-refractivity contribution in [3.8, 4) is 0 Å². The highest BCUT2D eigenvalue weighted by Gasteiger charge is 2.33. The first-order valence-electron chi connectivity index (χ1n) is 11.8. The number of hydrogen-bond donors (Lipinski definition) is 8. The molecule has 0 aliphatic rings. The zero-order valence-corrected chi connectivity index (χ0v) is 20.5. The molecule has 0 aromatic carbocycles. The number of carboxylic acid groups (broad SMARTS) is 2. The van der Waals surface area contributed by atoms with E-state index in [4.69, 9.17) is 16.6 Å². The number of amides is 3. The standard InChI is InChI=1S/C22H37N7O7/c1-3-12(2)18(29-19(32)14(24)6-4-5-7-23)21(34)27-15(8-13-10-25-11-26-13)20(33)28-16(22(35)36)9-17(30)31/h10-12,14-16,18H,3-9,23-24H2,1-2H3,(H,25,26)(H,27,34)(H,28,33)(H,29,32)(H,30,31)(H,35,36). The molecule has 5 atom stereocenters. The number of aromatic nitrogens is 2. The molecule has 1 heterocycles. The number of aromatic amines is 1. The van der Waals surface area contributed by atoms with Crippen molar-refractivity contribution in [1.29, 1.82) is 0 Å². The van der Waals surface area contributed by atoms with E-state index in [-0.39, 0.29) is 12.3 Å². The van der Waals surface area contributed by atoms with Crippen LogP contribution in [0.2, 0.25) is 0 Å². The van der Waals surface area contributed by atoms with Crippen LogP contribution in [0.4, 0.5) is 0 Å². The predicted molar refractivity (Wildman–Crippen MR) is 128 cm³/mol. The fourth-order valence-corrected chi connectivity index (χ4v) is 3.34. The van der Waals surface area contributed by atoms with Gasteiger partial charge in [0.25, 0.3) is 0 Å². The van der Waals surface area contributed by atoms with Gasteiger partial charge in [-0.25, -0.2) is 9.78 Å². The SMILES string of the molecule is CCC(C)C(NC(=O)C(N)CCCCN)C(=O)NC(Cc1cnc[nH]1)C(=O)NC(CC(=O)O)C(=O)O. The smallest absolute Gasteiger partial charge is 0.326 e. The highest BCUT2D eigenvalue weighted by Crippen LogP contribution is 2.11. The van der Waals surface area contributed by atoms with Crippen molar-refractivity contribution in [3.63, 3.8) is 0 Å². The number of unbranched alkanes of at least 4 members (excludes halogenated alkanes) is 1. The van der Waals surface area contributed by atoms with Gasteiger partial charge in [0.2, 0.25) is 17.7 Å². The number of imidazole rings is 1. The summed E-state index contributed by atoms with van der Waals surface area (Å²) < 4.78 is 0. The Hall–Kier alpha value is -3.52. The molecule has 0 aliphatic carbocycles. The summed E-state index contributed by atoms with van der Waals surface area (Å²) in [5.41, 5.74) is 11.9. The lowest BCUT2D eigenvalue weighted by atomic mass is 9.96. The van der Waals surface area contributed by atoms with E-state index in [9.17, 15) is 29.1 Å². The van der Waals surface area contributed by atoms with E-state index in [1.165, 1.54) is 12.5 Å². The summed E-state index contributed by atoms with van der Waals surface area (Å²) in [6, 6.07) is -4.84. The van der Waals surface area contributed by atoms with Crippen LogP contribution < -0.4 is 27.4 Å². The molecule has 0 aliphatic heterocycles. The largest absolute Gasteiger partial charge is 0.481 e. The molecule has 0 spiro atoms. The number of carbonyl (C=O) groups is 5. The van der Waals surface area contributed by atoms with Crippen molar-refractivity contribution in [1.82, 2.24) is 25.9 Å². The molecule has 202 valence electrons. The van der Waals surface area contributed by atoms with Crippen LogP contribution in [0.5, 0.6) is 0 Å². The van der Waals surface area contributed by atoms with Gasteiger partial charge < -0.3 is 42.6 Å². The average molecular weight is 512 g/mol. The van der Waals surface area contributed by atoms with E-state index < -0.39 is 60.2 Å². The Morgan fingerprint density at radius 2 is 1.69 bits per heavy atom. The number of nitrogens with two attached hydrogens (primary N) is 2. The summed E-state index contributed by atoms with van der Waals surface area (Å²) in [5.74, 6) is -5.37. The van der Waals surface area contributed by atoms with Gasteiger partial charge in [0.05, 0.1) is 18.8 Å². The number of carboxylic acids is 2. The molecule has 14 heteroatoms. The van der Waals surface area contributed by atoms with Crippen molar-refractivity contribution < 1.29 is 34.2 Å². The molecule has 0 saturated heterocycles. The summed E-state index contributed by atoms with van der Waals surface area (Å²) in [4.78, 5) is 67.8. The van der Waals surface area contributed by atoms with Crippen LogP contribution in [0.15, 0.2) is 12.5 Å². The van der Waals surface area contributed by atoms with Crippen molar-refractivity contribution in [3.05, 3.63) is 18.2 Å². The van der Waals surface area contributed by atoms with Crippen LogP contribution in [0.25, 0.3) is 0 Å². The molecule has 0 radical (unpaired) electrons. The van der Waals surface area contributed by atoms with Crippen molar-refractivity contribution in [2.24, 2.45) is 17.4 Å². The molecule has 14 nitrogen and oxygen atoms in total. The minimum atomic E-state index is -1.70. The molecular formula is C22H37N7O7. The van der Waals surface area contributed by atoms with Crippen LogP contribution in [0.1, 0.15) is 51.6 Å². The van der Waals surface area contributed by atoms with Gasteiger partial charge in [-0.1, -0.05) is 26.7 Å². The topological polar surface area (TPSA) is 243 Å². The summed E-state index contributed by atoms with van der Waals surface area (Å²) in [6.45, 7) is 4.05. The minimum Gasteiger partial charge on any atom is -0.481 e. The van der Waals surface area contributed by atoms with Gasteiger partial charge in [-0.15, -0.1) is 0 Å².